The Morgan fingerprint density at radius 3 is 2.52 bits per heavy atom. The highest BCUT2D eigenvalue weighted by Gasteiger charge is 2.57. The molecule has 4 heteroatoms. The number of fused-ring (bicyclic) bond motifs is 1. The minimum atomic E-state index is -0.910. The highest BCUT2D eigenvalue weighted by molar-refractivity contribution is 5.80. The fourth-order valence-corrected chi connectivity index (χ4v) is 5.52. The summed E-state index contributed by atoms with van der Waals surface area (Å²) in [6.07, 6.45) is 6.61. The van der Waals surface area contributed by atoms with Gasteiger partial charge in [-0.1, -0.05) is 38.0 Å². The molecule has 0 radical (unpaired) electrons. The summed E-state index contributed by atoms with van der Waals surface area (Å²) in [5, 5.41) is 18.9. The lowest BCUT2D eigenvalue weighted by Crippen LogP contribution is -2.53. The van der Waals surface area contributed by atoms with Crippen LogP contribution in [-0.4, -0.2) is 22.2 Å². The van der Waals surface area contributed by atoms with Crippen LogP contribution in [0.5, 0.6) is 0 Å². The van der Waals surface area contributed by atoms with E-state index in [-0.39, 0.29) is 23.2 Å². The zero-order chi connectivity index (χ0) is 19.0. The van der Waals surface area contributed by atoms with Crippen LogP contribution >= 0.6 is 0 Å². The number of carbonyl (C=O) groups is 2. The van der Waals surface area contributed by atoms with Gasteiger partial charge in [0.15, 0.2) is 0 Å². The van der Waals surface area contributed by atoms with Gasteiger partial charge in [0.05, 0.1) is 5.41 Å². The van der Waals surface area contributed by atoms with Crippen molar-refractivity contribution in [3.05, 3.63) is 23.8 Å². The topological polar surface area (TPSA) is 74.6 Å². The third kappa shape index (κ3) is 3.54. The largest absolute Gasteiger partial charge is 0.481 e. The fraction of sp³-hybridized carbons (Fsp3) is 0.714. The van der Waals surface area contributed by atoms with Gasteiger partial charge in [-0.25, -0.2) is 4.79 Å². The smallest absolute Gasteiger partial charge is 0.328 e. The minimum Gasteiger partial charge on any atom is -0.481 e. The molecule has 0 aromatic heterocycles. The van der Waals surface area contributed by atoms with E-state index < -0.39 is 17.4 Å². The van der Waals surface area contributed by atoms with Crippen molar-refractivity contribution in [3.8, 4) is 0 Å². The Morgan fingerprint density at radius 1 is 1.32 bits per heavy atom. The Kier molecular flexibility index (Phi) is 5.50. The highest BCUT2D eigenvalue weighted by atomic mass is 16.4. The highest BCUT2D eigenvalue weighted by Crippen LogP contribution is 2.62. The molecular formula is C21H32O4. The maximum absolute atomic E-state index is 12.0. The summed E-state index contributed by atoms with van der Waals surface area (Å²) in [6.45, 7) is 12.4. The van der Waals surface area contributed by atoms with E-state index in [1.807, 2.05) is 13.8 Å². The van der Waals surface area contributed by atoms with Crippen molar-refractivity contribution in [3.63, 3.8) is 0 Å². The van der Waals surface area contributed by atoms with Crippen LogP contribution in [0.3, 0.4) is 0 Å². The number of hydrogen-bond donors (Lipinski definition) is 2. The molecule has 5 atom stereocenters. The molecule has 140 valence electrons. The number of allylic oxidation sites excluding steroid dienone is 2. The standard InChI is InChI=1S/C21H32O4/c1-13-7-8-17-20(4,9-6-10-21(17,5)19(24)25)16(13)11-14(2)15(3)12-18(22)23/h12,14,16-17H,1,6-11H2,2-5H3,(H,22,23)(H,24,25)/b15-12+. The lowest BCUT2D eigenvalue weighted by atomic mass is 9.46. The molecule has 2 rings (SSSR count). The zero-order valence-electron chi connectivity index (χ0n) is 16.0. The molecule has 0 amide bonds. The molecule has 0 aromatic rings. The van der Waals surface area contributed by atoms with E-state index in [4.69, 9.17) is 5.11 Å². The van der Waals surface area contributed by atoms with E-state index in [9.17, 15) is 14.7 Å². The Labute approximate surface area is 151 Å². The summed E-state index contributed by atoms with van der Waals surface area (Å²) in [4.78, 5) is 23.0. The minimum absolute atomic E-state index is 0.0709. The van der Waals surface area contributed by atoms with Crippen molar-refractivity contribution in [1.29, 1.82) is 0 Å². The van der Waals surface area contributed by atoms with Crippen LogP contribution < -0.4 is 0 Å². The van der Waals surface area contributed by atoms with Gasteiger partial charge in [-0.05, 0) is 69.1 Å². The predicted molar refractivity (Wildman–Crippen MR) is 98.2 cm³/mol. The average Bonchev–Trinajstić information content (AvgIpc) is 2.49. The van der Waals surface area contributed by atoms with E-state index in [1.54, 1.807) is 0 Å². The Balaban J connectivity index is 2.32. The van der Waals surface area contributed by atoms with Gasteiger partial charge in [0, 0.05) is 6.08 Å². The Morgan fingerprint density at radius 2 is 1.96 bits per heavy atom. The monoisotopic (exact) mass is 348 g/mol. The number of carboxylic acid groups (broad SMARTS) is 2. The maximum atomic E-state index is 12.0. The van der Waals surface area contributed by atoms with Gasteiger partial charge in [-0.15, -0.1) is 0 Å². The summed E-state index contributed by atoms with van der Waals surface area (Å²) < 4.78 is 0. The van der Waals surface area contributed by atoms with Gasteiger partial charge in [-0.3, -0.25) is 4.79 Å². The molecule has 0 bridgehead atoms. The van der Waals surface area contributed by atoms with E-state index in [0.717, 1.165) is 44.1 Å². The second kappa shape index (κ2) is 6.97. The molecule has 2 saturated carbocycles. The molecule has 25 heavy (non-hydrogen) atoms. The summed E-state index contributed by atoms with van der Waals surface area (Å²) in [5.41, 5.74) is 1.34. The van der Waals surface area contributed by atoms with Gasteiger partial charge in [0.2, 0.25) is 0 Å². The zero-order valence-corrected chi connectivity index (χ0v) is 16.0. The third-order valence-electron chi connectivity index (χ3n) is 7.23. The van der Waals surface area contributed by atoms with Crippen molar-refractivity contribution in [1.82, 2.24) is 0 Å². The first-order valence-corrected chi connectivity index (χ1v) is 9.34. The first kappa shape index (κ1) is 19.7. The number of hydrogen-bond acceptors (Lipinski definition) is 2. The van der Waals surface area contributed by atoms with Gasteiger partial charge < -0.3 is 10.2 Å². The second-order valence-electron chi connectivity index (χ2n) is 8.75. The molecule has 0 heterocycles. The van der Waals surface area contributed by atoms with Crippen LogP contribution in [0.1, 0.15) is 66.2 Å². The first-order valence-electron chi connectivity index (χ1n) is 9.34. The molecule has 4 nitrogen and oxygen atoms in total. The maximum Gasteiger partial charge on any atom is 0.328 e. The van der Waals surface area contributed by atoms with Crippen molar-refractivity contribution in [2.45, 2.75) is 66.2 Å². The average molecular weight is 348 g/mol. The van der Waals surface area contributed by atoms with Gasteiger partial charge in [0.1, 0.15) is 0 Å². The molecular weight excluding hydrogens is 316 g/mol. The molecule has 0 spiro atoms. The van der Waals surface area contributed by atoms with Crippen LogP contribution in [-0.2, 0) is 9.59 Å². The van der Waals surface area contributed by atoms with E-state index in [2.05, 4.69) is 20.4 Å². The molecule has 2 fully saturated rings. The van der Waals surface area contributed by atoms with Gasteiger partial charge >= 0.3 is 11.9 Å². The molecule has 2 aliphatic rings. The van der Waals surface area contributed by atoms with Gasteiger partial charge in [-0.2, -0.15) is 0 Å². The second-order valence-corrected chi connectivity index (χ2v) is 8.75. The predicted octanol–water partition coefficient (Wildman–Crippen LogP) is 4.91. The first-order chi connectivity index (χ1) is 11.5. The lowest BCUT2D eigenvalue weighted by Gasteiger charge is -2.57. The lowest BCUT2D eigenvalue weighted by molar-refractivity contribution is -0.164. The van der Waals surface area contributed by atoms with E-state index in [1.165, 1.54) is 11.6 Å². The molecule has 0 saturated heterocycles. The third-order valence-corrected chi connectivity index (χ3v) is 7.23. The van der Waals surface area contributed by atoms with Crippen LogP contribution in [0.15, 0.2) is 23.8 Å². The Hall–Kier alpha value is -1.58. The van der Waals surface area contributed by atoms with E-state index in [0.29, 0.717) is 0 Å². The number of carboxylic acids is 2. The Bertz CT molecular complexity index is 605. The quantitative estimate of drug-likeness (QED) is 0.547. The summed E-state index contributed by atoms with van der Waals surface area (Å²) in [5.74, 6) is -1.04. The SMILES string of the molecule is C=C1CCC2C(C)(C(=O)O)CCCC2(C)C1CC(C)/C(C)=C/C(=O)O. The van der Waals surface area contributed by atoms with Crippen LogP contribution in [0.2, 0.25) is 0 Å². The van der Waals surface area contributed by atoms with Crippen molar-refractivity contribution >= 4 is 11.9 Å². The summed E-state index contributed by atoms with van der Waals surface area (Å²) in [7, 11) is 0. The molecule has 2 N–H and O–H groups in total. The van der Waals surface area contributed by atoms with Crippen molar-refractivity contribution in [2.24, 2.45) is 28.6 Å². The van der Waals surface area contributed by atoms with Crippen LogP contribution in [0, 0.1) is 28.6 Å². The van der Waals surface area contributed by atoms with Crippen LogP contribution in [0.4, 0.5) is 0 Å². The molecule has 5 unspecified atom stereocenters. The fourth-order valence-electron chi connectivity index (χ4n) is 5.52. The molecule has 0 aromatic carbocycles. The van der Waals surface area contributed by atoms with Crippen molar-refractivity contribution < 1.29 is 19.8 Å². The summed E-state index contributed by atoms with van der Waals surface area (Å²) in [6, 6.07) is 0. The van der Waals surface area contributed by atoms with E-state index >= 15 is 0 Å². The molecule has 2 aliphatic carbocycles. The number of aliphatic carboxylic acids is 2. The van der Waals surface area contributed by atoms with Gasteiger partial charge in [0.25, 0.3) is 0 Å². The number of rotatable bonds is 5. The molecule has 0 aliphatic heterocycles. The van der Waals surface area contributed by atoms with Crippen LogP contribution in [0.25, 0.3) is 0 Å². The van der Waals surface area contributed by atoms with Crippen molar-refractivity contribution in [2.75, 3.05) is 0 Å². The summed E-state index contributed by atoms with van der Waals surface area (Å²) >= 11 is 0. The normalized spacial score (nSPS) is 37.3.